The molecule has 0 spiro atoms. The van der Waals surface area contributed by atoms with Crippen LogP contribution in [0.25, 0.3) is 0 Å². The molecule has 0 bridgehead atoms. The molecule has 120 valence electrons. The molecule has 2 fully saturated rings. The Bertz CT molecular complexity index is 367. The molecule has 6 heteroatoms. The van der Waals surface area contributed by atoms with Crippen LogP contribution in [0.3, 0.4) is 0 Å². The lowest BCUT2D eigenvalue weighted by Gasteiger charge is -2.20. The predicted molar refractivity (Wildman–Crippen MR) is 85.2 cm³/mol. The maximum atomic E-state index is 11.5. The maximum absolute atomic E-state index is 11.5. The van der Waals surface area contributed by atoms with Gasteiger partial charge in [0, 0.05) is 25.0 Å². The van der Waals surface area contributed by atoms with E-state index in [1.54, 1.807) is 0 Å². The van der Waals surface area contributed by atoms with E-state index in [-0.39, 0.29) is 5.91 Å². The third-order valence-electron chi connectivity index (χ3n) is 4.21. The smallest absolute Gasteiger partial charge is 0.220 e. The summed E-state index contributed by atoms with van der Waals surface area (Å²) in [5.41, 5.74) is 5.87. The minimum atomic E-state index is 0.152. The summed E-state index contributed by atoms with van der Waals surface area (Å²) in [6, 6.07) is 0.990. The fraction of sp³-hybridized carbons (Fsp3) is 0.867. The van der Waals surface area contributed by atoms with E-state index in [9.17, 15) is 4.79 Å². The Morgan fingerprint density at radius 1 is 1.38 bits per heavy atom. The Balaban J connectivity index is 1.54. The van der Waals surface area contributed by atoms with E-state index in [1.165, 1.54) is 19.4 Å². The molecule has 4 N–H and O–H groups in total. The second-order valence-corrected chi connectivity index (χ2v) is 6.02. The van der Waals surface area contributed by atoms with Crippen molar-refractivity contribution in [1.29, 1.82) is 0 Å². The summed E-state index contributed by atoms with van der Waals surface area (Å²) < 4.78 is 0. The highest BCUT2D eigenvalue weighted by atomic mass is 16.1. The van der Waals surface area contributed by atoms with Crippen molar-refractivity contribution in [1.82, 2.24) is 15.5 Å². The highest BCUT2D eigenvalue weighted by Gasteiger charge is 2.23. The molecule has 1 heterocycles. The minimum absolute atomic E-state index is 0.152. The molecule has 1 amide bonds. The summed E-state index contributed by atoms with van der Waals surface area (Å²) in [5, 5.41) is 6.07. The number of likely N-dealkylation sites (N-methyl/N-ethyl adjacent to an activating group) is 1. The van der Waals surface area contributed by atoms with Gasteiger partial charge in [-0.05, 0) is 45.2 Å². The number of likely N-dealkylation sites (tertiary alicyclic amines) is 1. The van der Waals surface area contributed by atoms with Gasteiger partial charge in [0.1, 0.15) is 0 Å². The van der Waals surface area contributed by atoms with Crippen LogP contribution in [-0.2, 0) is 4.79 Å². The molecule has 1 saturated heterocycles. The van der Waals surface area contributed by atoms with Crippen LogP contribution in [0.15, 0.2) is 4.99 Å². The van der Waals surface area contributed by atoms with Crippen LogP contribution in [0.2, 0.25) is 0 Å². The summed E-state index contributed by atoms with van der Waals surface area (Å²) in [4.78, 5) is 18.4. The molecule has 1 saturated carbocycles. The van der Waals surface area contributed by atoms with Gasteiger partial charge in [0.15, 0.2) is 5.96 Å². The van der Waals surface area contributed by atoms with E-state index in [0.29, 0.717) is 31.0 Å². The second-order valence-electron chi connectivity index (χ2n) is 6.02. The number of nitrogens with one attached hydrogen (secondary N) is 2. The number of hydrogen-bond acceptors (Lipinski definition) is 3. The number of rotatable bonds is 8. The Morgan fingerprint density at radius 2 is 2.19 bits per heavy atom. The first-order chi connectivity index (χ1) is 10.2. The molecule has 0 aromatic rings. The molecule has 0 radical (unpaired) electrons. The summed E-state index contributed by atoms with van der Waals surface area (Å²) in [5.74, 6) is 0.653. The largest absolute Gasteiger partial charge is 0.370 e. The predicted octanol–water partition coefficient (Wildman–Crippen LogP) is 0.434. The van der Waals surface area contributed by atoms with Crippen molar-refractivity contribution in [3.63, 3.8) is 0 Å². The van der Waals surface area contributed by atoms with Crippen LogP contribution in [0.1, 0.15) is 45.4 Å². The molecule has 21 heavy (non-hydrogen) atoms. The van der Waals surface area contributed by atoms with E-state index >= 15 is 0 Å². The van der Waals surface area contributed by atoms with Gasteiger partial charge < -0.3 is 16.4 Å². The molecule has 6 nitrogen and oxygen atoms in total. The minimum Gasteiger partial charge on any atom is -0.370 e. The van der Waals surface area contributed by atoms with Gasteiger partial charge in [-0.15, -0.1) is 0 Å². The number of carbonyl (C=O) groups excluding carboxylic acids is 1. The second kappa shape index (κ2) is 8.22. The standard InChI is InChI=1S/C15H29N5O/c1-2-20-10-4-5-13(20)11-18-15(16)17-9-3-6-14(21)19-12-7-8-12/h12-13H,2-11H2,1H3,(H,19,21)(H3,16,17,18). The van der Waals surface area contributed by atoms with Gasteiger partial charge in [0.2, 0.25) is 5.91 Å². The average Bonchev–Trinajstić information content (AvgIpc) is 3.16. The molecule has 2 rings (SSSR count). The number of nitrogens with zero attached hydrogens (tertiary/aromatic N) is 2. The van der Waals surface area contributed by atoms with E-state index < -0.39 is 0 Å². The first-order valence-electron chi connectivity index (χ1n) is 8.26. The Kier molecular flexibility index (Phi) is 6.29. The molecular weight excluding hydrogens is 266 g/mol. The number of aliphatic imine (C=N–C) groups is 1. The zero-order valence-corrected chi connectivity index (χ0v) is 13.1. The van der Waals surface area contributed by atoms with E-state index in [4.69, 9.17) is 5.73 Å². The Labute approximate surface area is 127 Å². The molecule has 1 atom stereocenters. The van der Waals surface area contributed by atoms with Gasteiger partial charge in [-0.1, -0.05) is 6.92 Å². The van der Waals surface area contributed by atoms with Crippen LogP contribution >= 0.6 is 0 Å². The van der Waals surface area contributed by atoms with E-state index in [0.717, 1.165) is 32.4 Å². The lowest BCUT2D eigenvalue weighted by molar-refractivity contribution is -0.121. The van der Waals surface area contributed by atoms with Crippen LogP contribution in [0, 0.1) is 0 Å². The zero-order chi connectivity index (χ0) is 15.1. The molecule has 1 unspecified atom stereocenters. The fourth-order valence-electron chi connectivity index (χ4n) is 2.77. The van der Waals surface area contributed by atoms with Gasteiger partial charge >= 0.3 is 0 Å². The van der Waals surface area contributed by atoms with Crippen LogP contribution < -0.4 is 16.4 Å². The van der Waals surface area contributed by atoms with Gasteiger partial charge in [0.25, 0.3) is 0 Å². The van der Waals surface area contributed by atoms with Crippen molar-refractivity contribution < 1.29 is 4.79 Å². The maximum Gasteiger partial charge on any atom is 0.220 e. The summed E-state index contributed by atoms with van der Waals surface area (Å²) in [7, 11) is 0. The number of nitrogens with two attached hydrogens (primary N) is 1. The van der Waals surface area contributed by atoms with Crippen molar-refractivity contribution in [2.24, 2.45) is 10.7 Å². The van der Waals surface area contributed by atoms with Gasteiger partial charge in [-0.3, -0.25) is 14.7 Å². The number of guanidine groups is 1. The average molecular weight is 295 g/mol. The summed E-state index contributed by atoms with van der Waals surface area (Å²) in [6.07, 6.45) is 6.10. The molecule has 2 aliphatic rings. The van der Waals surface area contributed by atoms with Crippen molar-refractivity contribution in [3.05, 3.63) is 0 Å². The first kappa shape index (κ1) is 16.1. The molecule has 1 aliphatic heterocycles. The lowest BCUT2D eigenvalue weighted by atomic mass is 10.2. The first-order valence-corrected chi connectivity index (χ1v) is 8.26. The SMILES string of the molecule is CCN1CCCC1CN=C(N)NCCCC(=O)NC1CC1. The number of amides is 1. The Morgan fingerprint density at radius 3 is 2.90 bits per heavy atom. The van der Waals surface area contributed by atoms with Gasteiger partial charge in [-0.25, -0.2) is 0 Å². The molecule has 1 aliphatic carbocycles. The Hall–Kier alpha value is -1.30. The van der Waals surface area contributed by atoms with Crippen LogP contribution in [-0.4, -0.2) is 55.0 Å². The van der Waals surface area contributed by atoms with E-state index in [1.807, 2.05) is 0 Å². The van der Waals surface area contributed by atoms with Crippen LogP contribution in [0.4, 0.5) is 0 Å². The third-order valence-corrected chi connectivity index (χ3v) is 4.21. The molecule has 0 aromatic carbocycles. The number of hydrogen-bond donors (Lipinski definition) is 3. The quantitative estimate of drug-likeness (QED) is 0.345. The highest BCUT2D eigenvalue weighted by molar-refractivity contribution is 5.78. The topological polar surface area (TPSA) is 82.8 Å². The molecular formula is C15H29N5O. The fourth-order valence-corrected chi connectivity index (χ4v) is 2.77. The van der Waals surface area contributed by atoms with Crippen LogP contribution in [0.5, 0.6) is 0 Å². The third kappa shape index (κ3) is 5.91. The number of carbonyl (C=O) groups is 1. The highest BCUT2D eigenvalue weighted by Crippen LogP contribution is 2.18. The lowest BCUT2D eigenvalue weighted by Crippen LogP contribution is -2.36. The van der Waals surface area contributed by atoms with E-state index in [2.05, 4.69) is 27.4 Å². The molecule has 0 aromatic heterocycles. The van der Waals surface area contributed by atoms with Crippen molar-refractivity contribution >= 4 is 11.9 Å². The monoisotopic (exact) mass is 295 g/mol. The normalized spacial score (nSPS) is 23.3. The zero-order valence-electron chi connectivity index (χ0n) is 13.1. The van der Waals surface area contributed by atoms with Crippen molar-refractivity contribution in [2.45, 2.75) is 57.5 Å². The summed E-state index contributed by atoms with van der Waals surface area (Å²) in [6.45, 7) is 5.94. The van der Waals surface area contributed by atoms with Crippen molar-refractivity contribution in [3.8, 4) is 0 Å². The summed E-state index contributed by atoms with van der Waals surface area (Å²) >= 11 is 0. The van der Waals surface area contributed by atoms with Gasteiger partial charge in [0.05, 0.1) is 6.54 Å². The van der Waals surface area contributed by atoms with Gasteiger partial charge in [-0.2, -0.15) is 0 Å². The van der Waals surface area contributed by atoms with Crippen molar-refractivity contribution in [2.75, 3.05) is 26.2 Å².